The lowest BCUT2D eigenvalue weighted by Crippen LogP contribution is -2.40. The molecule has 4 heteroatoms. The number of amides is 1. The number of rotatable bonds is 4. The molecule has 0 spiro atoms. The van der Waals surface area contributed by atoms with Crippen LogP contribution in [0.3, 0.4) is 0 Å². The lowest BCUT2D eigenvalue weighted by atomic mass is 9.93. The Kier molecular flexibility index (Phi) is 5.81. The SMILES string of the molecule is Cc1ccc(C2=NN(C(=O)CN3CCCCC3)[C@@H](c3cc(C)ccc3C)C2)cc1. The Hall–Kier alpha value is -2.46. The standard InChI is InChI=1S/C25H31N3O/c1-18-8-11-21(12-9-18)23-16-24(22-15-19(2)7-10-20(22)3)28(26-23)25(29)17-27-13-5-4-6-14-27/h7-12,15,24H,4-6,13-14,16-17H2,1-3H3/t24-/m1/s1. The van der Waals surface area contributed by atoms with Crippen LogP contribution in [0.5, 0.6) is 0 Å². The third-order valence-corrected chi connectivity index (χ3v) is 6.15. The summed E-state index contributed by atoms with van der Waals surface area (Å²) in [4.78, 5) is 15.6. The zero-order chi connectivity index (χ0) is 20.4. The topological polar surface area (TPSA) is 35.9 Å². The van der Waals surface area contributed by atoms with Gasteiger partial charge in [0.2, 0.25) is 0 Å². The van der Waals surface area contributed by atoms with E-state index in [1.807, 2.05) is 0 Å². The molecular weight excluding hydrogens is 358 g/mol. The molecule has 1 amide bonds. The predicted molar refractivity (Wildman–Crippen MR) is 118 cm³/mol. The second-order valence-electron chi connectivity index (χ2n) is 8.57. The molecule has 4 rings (SSSR count). The molecule has 2 aromatic rings. The van der Waals surface area contributed by atoms with Crippen LogP contribution in [0.15, 0.2) is 47.6 Å². The molecule has 0 bridgehead atoms. The van der Waals surface area contributed by atoms with E-state index in [4.69, 9.17) is 5.10 Å². The summed E-state index contributed by atoms with van der Waals surface area (Å²) in [6, 6.07) is 14.9. The molecule has 152 valence electrons. The van der Waals surface area contributed by atoms with Gasteiger partial charge in [0.1, 0.15) is 0 Å². The third-order valence-electron chi connectivity index (χ3n) is 6.15. The van der Waals surface area contributed by atoms with Gasteiger partial charge in [-0.05, 0) is 63.4 Å². The van der Waals surface area contributed by atoms with E-state index in [1.165, 1.54) is 41.5 Å². The van der Waals surface area contributed by atoms with Crippen molar-refractivity contribution in [3.63, 3.8) is 0 Å². The monoisotopic (exact) mass is 389 g/mol. The lowest BCUT2D eigenvalue weighted by Gasteiger charge is -2.29. The quantitative estimate of drug-likeness (QED) is 0.755. The number of benzene rings is 2. The fourth-order valence-corrected chi connectivity index (χ4v) is 4.40. The smallest absolute Gasteiger partial charge is 0.257 e. The van der Waals surface area contributed by atoms with Crippen molar-refractivity contribution in [1.29, 1.82) is 0 Å². The molecule has 0 saturated carbocycles. The van der Waals surface area contributed by atoms with Gasteiger partial charge in [0.15, 0.2) is 0 Å². The van der Waals surface area contributed by atoms with E-state index in [-0.39, 0.29) is 11.9 Å². The maximum Gasteiger partial charge on any atom is 0.257 e. The molecule has 2 aromatic carbocycles. The molecule has 0 aromatic heterocycles. The molecule has 2 aliphatic heterocycles. The summed E-state index contributed by atoms with van der Waals surface area (Å²) >= 11 is 0. The van der Waals surface area contributed by atoms with Gasteiger partial charge in [0.05, 0.1) is 18.3 Å². The van der Waals surface area contributed by atoms with Gasteiger partial charge < -0.3 is 0 Å². The summed E-state index contributed by atoms with van der Waals surface area (Å²) in [7, 11) is 0. The van der Waals surface area contributed by atoms with Crippen LogP contribution in [0.2, 0.25) is 0 Å². The third kappa shape index (κ3) is 4.43. The molecule has 29 heavy (non-hydrogen) atoms. The number of piperidine rings is 1. The Balaban J connectivity index is 1.64. The Morgan fingerprint density at radius 1 is 0.966 bits per heavy atom. The minimum Gasteiger partial charge on any atom is -0.294 e. The van der Waals surface area contributed by atoms with Crippen LogP contribution in [0.1, 0.15) is 59.5 Å². The zero-order valence-electron chi connectivity index (χ0n) is 17.8. The van der Waals surface area contributed by atoms with Crippen molar-refractivity contribution in [3.8, 4) is 0 Å². The van der Waals surface area contributed by atoms with Gasteiger partial charge in [-0.15, -0.1) is 0 Å². The van der Waals surface area contributed by atoms with E-state index < -0.39 is 0 Å². The minimum atomic E-state index is -0.0245. The number of hydrogen-bond donors (Lipinski definition) is 0. The van der Waals surface area contributed by atoms with Gasteiger partial charge in [-0.25, -0.2) is 5.01 Å². The number of hydrogen-bond acceptors (Lipinski definition) is 3. The first-order valence-corrected chi connectivity index (χ1v) is 10.8. The first kappa shape index (κ1) is 19.8. The molecule has 0 aliphatic carbocycles. The summed E-state index contributed by atoms with van der Waals surface area (Å²) < 4.78 is 0. The van der Waals surface area contributed by atoms with Crippen molar-refractivity contribution >= 4 is 11.6 Å². The lowest BCUT2D eigenvalue weighted by molar-refractivity contribution is -0.134. The Labute approximate surface area is 174 Å². The number of carbonyl (C=O) groups excluding carboxylic acids is 1. The Morgan fingerprint density at radius 3 is 2.38 bits per heavy atom. The maximum atomic E-state index is 13.3. The van der Waals surface area contributed by atoms with Gasteiger partial charge in [0, 0.05) is 6.42 Å². The molecule has 2 aliphatic rings. The van der Waals surface area contributed by atoms with E-state index in [0.717, 1.165) is 30.8 Å². The first-order valence-electron chi connectivity index (χ1n) is 10.8. The molecule has 2 heterocycles. The van der Waals surface area contributed by atoms with Crippen molar-refractivity contribution in [2.75, 3.05) is 19.6 Å². The van der Waals surface area contributed by atoms with Crippen LogP contribution in [-0.4, -0.2) is 41.2 Å². The van der Waals surface area contributed by atoms with Crippen LogP contribution >= 0.6 is 0 Å². The highest BCUT2D eigenvalue weighted by atomic mass is 16.2. The second-order valence-corrected chi connectivity index (χ2v) is 8.57. The fraction of sp³-hybridized carbons (Fsp3) is 0.440. The van der Waals surface area contributed by atoms with E-state index in [1.54, 1.807) is 5.01 Å². The first-order chi connectivity index (χ1) is 14.0. The van der Waals surface area contributed by atoms with E-state index in [9.17, 15) is 4.79 Å². The Morgan fingerprint density at radius 2 is 1.66 bits per heavy atom. The molecule has 1 saturated heterocycles. The average Bonchev–Trinajstić information content (AvgIpc) is 3.16. The fourth-order valence-electron chi connectivity index (χ4n) is 4.40. The minimum absolute atomic E-state index is 0.0245. The zero-order valence-corrected chi connectivity index (χ0v) is 17.8. The van der Waals surface area contributed by atoms with Crippen LogP contribution in [0.25, 0.3) is 0 Å². The molecule has 4 nitrogen and oxygen atoms in total. The predicted octanol–water partition coefficient (Wildman–Crippen LogP) is 4.78. The largest absolute Gasteiger partial charge is 0.294 e. The van der Waals surface area contributed by atoms with Crippen LogP contribution in [-0.2, 0) is 4.79 Å². The van der Waals surface area contributed by atoms with Gasteiger partial charge in [-0.1, -0.05) is 60.0 Å². The number of aryl methyl sites for hydroxylation is 3. The maximum absolute atomic E-state index is 13.3. The van der Waals surface area contributed by atoms with Gasteiger partial charge >= 0.3 is 0 Å². The van der Waals surface area contributed by atoms with Gasteiger partial charge in [-0.2, -0.15) is 5.10 Å². The molecule has 0 unspecified atom stereocenters. The summed E-state index contributed by atoms with van der Waals surface area (Å²) in [6.07, 6.45) is 4.41. The average molecular weight is 390 g/mol. The Bertz CT molecular complexity index is 910. The van der Waals surface area contributed by atoms with Crippen LogP contribution in [0.4, 0.5) is 0 Å². The van der Waals surface area contributed by atoms with E-state index in [0.29, 0.717) is 6.54 Å². The number of nitrogens with zero attached hydrogens (tertiary/aromatic N) is 3. The number of likely N-dealkylation sites (tertiary alicyclic amines) is 1. The highest BCUT2D eigenvalue weighted by Crippen LogP contribution is 2.35. The molecule has 0 N–H and O–H groups in total. The van der Waals surface area contributed by atoms with Crippen molar-refractivity contribution in [2.45, 2.75) is 52.5 Å². The van der Waals surface area contributed by atoms with Gasteiger partial charge in [0.25, 0.3) is 5.91 Å². The number of carbonyl (C=O) groups is 1. The van der Waals surface area contributed by atoms with E-state index >= 15 is 0 Å². The van der Waals surface area contributed by atoms with Crippen molar-refractivity contribution in [1.82, 2.24) is 9.91 Å². The summed E-state index contributed by atoms with van der Waals surface area (Å²) in [5, 5.41) is 6.63. The van der Waals surface area contributed by atoms with Crippen LogP contribution in [0, 0.1) is 20.8 Å². The van der Waals surface area contributed by atoms with Crippen molar-refractivity contribution in [3.05, 3.63) is 70.3 Å². The van der Waals surface area contributed by atoms with Crippen molar-refractivity contribution in [2.24, 2.45) is 5.10 Å². The molecular formula is C25H31N3O. The second kappa shape index (κ2) is 8.50. The van der Waals surface area contributed by atoms with Gasteiger partial charge in [-0.3, -0.25) is 9.69 Å². The summed E-state index contributed by atoms with van der Waals surface area (Å²) in [5.41, 5.74) is 7.00. The highest BCUT2D eigenvalue weighted by molar-refractivity contribution is 6.03. The molecule has 0 radical (unpaired) electrons. The normalized spacial score (nSPS) is 20.0. The summed E-state index contributed by atoms with van der Waals surface area (Å²) in [6.45, 7) is 8.83. The molecule has 1 atom stereocenters. The summed E-state index contributed by atoms with van der Waals surface area (Å²) in [5.74, 6) is 0.111. The van der Waals surface area contributed by atoms with E-state index in [2.05, 4.69) is 68.1 Å². The van der Waals surface area contributed by atoms with Crippen LogP contribution < -0.4 is 0 Å². The van der Waals surface area contributed by atoms with Crippen molar-refractivity contribution < 1.29 is 4.79 Å². The highest BCUT2D eigenvalue weighted by Gasteiger charge is 2.34. The molecule has 1 fully saturated rings. The number of hydrazone groups is 1.